The van der Waals surface area contributed by atoms with Gasteiger partial charge in [0.25, 0.3) is 5.91 Å². The second kappa shape index (κ2) is 10.3. The molecule has 0 radical (unpaired) electrons. The lowest BCUT2D eigenvalue weighted by Gasteiger charge is -2.29. The fourth-order valence-electron chi connectivity index (χ4n) is 3.47. The van der Waals surface area contributed by atoms with E-state index in [0.29, 0.717) is 30.0 Å². The van der Waals surface area contributed by atoms with Crippen LogP contribution in [0, 0.1) is 0 Å². The van der Waals surface area contributed by atoms with Crippen LogP contribution in [0.4, 0.5) is 5.69 Å². The summed E-state index contributed by atoms with van der Waals surface area (Å²) in [6.45, 7) is 1.27. The van der Waals surface area contributed by atoms with E-state index in [1.165, 1.54) is 4.90 Å². The van der Waals surface area contributed by atoms with Crippen molar-refractivity contribution in [2.45, 2.75) is 31.8 Å². The van der Waals surface area contributed by atoms with Crippen LogP contribution in [0.2, 0.25) is 0 Å². The van der Waals surface area contributed by atoms with Gasteiger partial charge in [0.2, 0.25) is 17.7 Å². The Balaban J connectivity index is 1.55. The summed E-state index contributed by atoms with van der Waals surface area (Å²) < 4.78 is 10.4. The summed E-state index contributed by atoms with van der Waals surface area (Å²) >= 11 is 0. The number of hydrogen-bond donors (Lipinski definition) is 3. The predicted octanol–water partition coefficient (Wildman–Crippen LogP) is -0.198. The van der Waals surface area contributed by atoms with E-state index in [2.05, 4.69) is 10.6 Å². The fraction of sp³-hybridized carbons (Fsp3) is 0.500. The molecule has 2 heterocycles. The Morgan fingerprint density at radius 2 is 1.93 bits per heavy atom. The smallest absolute Gasteiger partial charge is 0.255 e. The molecular formula is C20H25N3O7. The number of benzene rings is 1. The monoisotopic (exact) mass is 419 g/mol. The standard InChI is InChI=1S/C20H25N3O7/c24-7-9-30-11-10-29-8-6-18(26)21-15-3-1-2-13-14(15)12-23(20(13)28)16-4-5-17(25)22-19(16)27/h1-3,16,24H,4-12H2,(H,21,26)(H,22,25,27). The molecule has 3 N–H and O–H groups in total. The maximum Gasteiger partial charge on any atom is 0.255 e. The topological polar surface area (TPSA) is 134 Å². The number of aliphatic hydroxyl groups excluding tert-OH is 1. The normalized spacial score (nSPS) is 18.4. The second-order valence-corrected chi connectivity index (χ2v) is 6.98. The first-order chi connectivity index (χ1) is 14.5. The Labute approximate surface area is 173 Å². The first-order valence-electron chi connectivity index (χ1n) is 9.84. The molecule has 162 valence electrons. The summed E-state index contributed by atoms with van der Waals surface area (Å²) in [5.74, 6) is -1.36. The SMILES string of the molecule is O=C1CCC(N2Cc3c(NC(=O)CCOCCOCCO)cccc3C2=O)C(=O)N1. The molecule has 1 aromatic carbocycles. The van der Waals surface area contributed by atoms with Crippen molar-refractivity contribution < 1.29 is 33.8 Å². The number of carbonyl (C=O) groups is 4. The molecule has 30 heavy (non-hydrogen) atoms. The van der Waals surface area contributed by atoms with Crippen LogP contribution < -0.4 is 10.6 Å². The Bertz CT molecular complexity index is 827. The minimum Gasteiger partial charge on any atom is -0.394 e. The zero-order valence-corrected chi connectivity index (χ0v) is 16.5. The number of hydrogen-bond acceptors (Lipinski definition) is 7. The minimum atomic E-state index is -0.701. The van der Waals surface area contributed by atoms with Gasteiger partial charge in [-0.1, -0.05) is 6.07 Å². The van der Waals surface area contributed by atoms with Crippen molar-refractivity contribution in [1.29, 1.82) is 0 Å². The van der Waals surface area contributed by atoms with E-state index in [-0.39, 0.29) is 63.3 Å². The quantitative estimate of drug-likeness (QED) is 0.353. The van der Waals surface area contributed by atoms with Gasteiger partial charge >= 0.3 is 0 Å². The van der Waals surface area contributed by atoms with Crippen molar-refractivity contribution in [2.24, 2.45) is 0 Å². The largest absolute Gasteiger partial charge is 0.394 e. The van der Waals surface area contributed by atoms with Crippen molar-refractivity contribution in [3.8, 4) is 0 Å². The van der Waals surface area contributed by atoms with Crippen molar-refractivity contribution in [2.75, 3.05) is 38.4 Å². The zero-order valence-electron chi connectivity index (χ0n) is 16.5. The van der Waals surface area contributed by atoms with Crippen LogP contribution in [0.25, 0.3) is 0 Å². The number of nitrogens with zero attached hydrogens (tertiary/aromatic N) is 1. The molecule has 1 aromatic rings. The van der Waals surface area contributed by atoms with Gasteiger partial charge in [-0.05, 0) is 18.6 Å². The Hall–Kier alpha value is -2.82. The van der Waals surface area contributed by atoms with E-state index in [9.17, 15) is 19.2 Å². The molecule has 0 aliphatic carbocycles. The third-order valence-electron chi connectivity index (χ3n) is 4.94. The summed E-state index contributed by atoms with van der Waals surface area (Å²) in [7, 11) is 0. The highest BCUT2D eigenvalue weighted by atomic mass is 16.5. The molecule has 2 aliphatic heterocycles. The summed E-state index contributed by atoms with van der Waals surface area (Å²) in [5.41, 5.74) is 1.61. The minimum absolute atomic E-state index is 0.0483. The molecule has 0 bridgehead atoms. The number of anilines is 1. The Morgan fingerprint density at radius 1 is 1.17 bits per heavy atom. The van der Waals surface area contributed by atoms with Gasteiger partial charge in [0.05, 0.1) is 39.5 Å². The lowest BCUT2D eigenvalue weighted by molar-refractivity contribution is -0.137. The fourth-order valence-corrected chi connectivity index (χ4v) is 3.47. The van der Waals surface area contributed by atoms with Gasteiger partial charge in [-0.25, -0.2) is 0 Å². The van der Waals surface area contributed by atoms with E-state index in [1.807, 2.05) is 0 Å². The van der Waals surface area contributed by atoms with Gasteiger partial charge in [-0.2, -0.15) is 0 Å². The molecule has 1 saturated heterocycles. The molecule has 1 fully saturated rings. The molecule has 0 spiro atoms. The summed E-state index contributed by atoms with van der Waals surface area (Å²) in [4.78, 5) is 50.0. The van der Waals surface area contributed by atoms with Crippen LogP contribution in [-0.4, -0.2) is 72.7 Å². The summed E-state index contributed by atoms with van der Waals surface area (Å²) in [6, 6.07) is 4.35. The molecule has 0 saturated carbocycles. The summed E-state index contributed by atoms with van der Waals surface area (Å²) in [5, 5.41) is 13.7. The first kappa shape index (κ1) is 21.9. The zero-order chi connectivity index (χ0) is 21.5. The van der Waals surface area contributed by atoms with Crippen LogP contribution in [0.3, 0.4) is 0 Å². The van der Waals surface area contributed by atoms with E-state index in [4.69, 9.17) is 14.6 Å². The molecule has 2 aliphatic rings. The number of amides is 4. The lowest BCUT2D eigenvalue weighted by atomic mass is 10.0. The third kappa shape index (κ3) is 5.21. The molecule has 0 aromatic heterocycles. The van der Waals surface area contributed by atoms with Crippen LogP contribution in [-0.2, 0) is 30.4 Å². The van der Waals surface area contributed by atoms with Crippen LogP contribution in [0.15, 0.2) is 18.2 Å². The van der Waals surface area contributed by atoms with Crippen LogP contribution in [0.5, 0.6) is 0 Å². The molecule has 3 rings (SSSR count). The van der Waals surface area contributed by atoms with Crippen molar-refractivity contribution in [3.05, 3.63) is 29.3 Å². The summed E-state index contributed by atoms with van der Waals surface area (Å²) in [6.07, 6.45) is 0.602. The molecular weight excluding hydrogens is 394 g/mol. The number of ether oxygens (including phenoxy) is 2. The van der Waals surface area contributed by atoms with Gasteiger partial charge in [-0.15, -0.1) is 0 Å². The van der Waals surface area contributed by atoms with Crippen LogP contribution >= 0.6 is 0 Å². The number of piperidine rings is 1. The van der Waals surface area contributed by atoms with Crippen molar-refractivity contribution >= 4 is 29.3 Å². The van der Waals surface area contributed by atoms with Crippen molar-refractivity contribution in [1.82, 2.24) is 10.2 Å². The lowest BCUT2D eigenvalue weighted by Crippen LogP contribution is -2.52. The van der Waals surface area contributed by atoms with Gasteiger partial charge < -0.3 is 24.8 Å². The molecule has 10 nitrogen and oxygen atoms in total. The molecule has 1 unspecified atom stereocenters. The molecule has 10 heteroatoms. The molecule has 1 atom stereocenters. The average Bonchev–Trinajstić information content (AvgIpc) is 3.05. The highest BCUT2D eigenvalue weighted by Gasteiger charge is 2.39. The first-order valence-corrected chi connectivity index (χ1v) is 9.84. The average molecular weight is 419 g/mol. The second-order valence-electron chi connectivity index (χ2n) is 6.98. The number of nitrogens with one attached hydrogen (secondary N) is 2. The number of imide groups is 1. The van der Waals surface area contributed by atoms with Gasteiger partial charge in [0.15, 0.2) is 0 Å². The van der Waals surface area contributed by atoms with E-state index >= 15 is 0 Å². The van der Waals surface area contributed by atoms with Gasteiger partial charge in [0.1, 0.15) is 6.04 Å². The van der Waals surface area contributed by atoms with Gasteiger partial charge in [0, 0.05) is 29.8 Å². The van der Waals surface area contributed by atoms with Gasteiger partial charge in [-0.3, -0.25) is 24.5 Å². The van der Waals surface area contributed by atoms with Crippen molar-refractivity contribution in [3.63, 3.8) is 0 Å². The number of carbonyl (C=O) groups excluding carboxylic acids is 4. The third-order valence-corrected chi connectivity index (χ3v) is 4.94. The van der Waals surface area contributed by atoms with E-state index in [1.54, 1.807) is 18.2 Å². The number of fused-ring (bicyclic) bond motifs is 1. The Morgan fingerprint density at radius 3 is 2.67 bits per heavy atom. The number of aliphatic hydroxyl groups is 1. The van der Waals surface area contributed by atoms with E-state index < -0.39 is 11.9 Å². The van der Waals surface area contributed by atoms with E-state index in [0.717, 1.165) is 0 Å². The van der Waals surface area contributed by atoms with Crippen LogP contribution in [0.1, 0.15) is 35.2 Å². The maximum atomic E-state index is 12.8. The maximum absolute atomic E-state index is 12.8. The Kier molecular flexibility index (Phi) is 7.50. The number of rotatable bonds is 10. The highest BCUT2D eigenvalue weighted by Crippen LogP contribution is 2.32. The highest BCUT2D eigenvalue weighted by molar-refractivity contribution is 6.06. The predicted molar refractivity (Wildman–Crippen MR) is 104 cm³/mol. The molecule has 4 amide bonds.